The van der Waals surface area contributed by atoms with Gasteiger partial charge in [0.25, 0.3) is 0 Å². The summed E-state index contributed by atoms with van der Waals surface area (Å²) in [5.41, 5.74) is 18.1. The van der Waals surface area contributed by atoms with Crippen LogP contribution >= 0.6 is 23.5 Å². The molecule has 0 amide bonds. The quantitative estimate of drug-likeness (QED) is 0.147. The highest BCUT2D eigenvalue weighted by Gasteiger charge is 2.42. The van der Waals surface area contributed by atoms with Crippen LogP contribution in [0, 0.1) is 0 Å². The monoisotopic (exact) mass is 730 g/mol. The Bertz CT molecular complexity index is 3410. The predicted octanol–water partition coefficient (Wildman–Crippen LogP) is 8.37. The largest absolute Gasteiger partial charge is 0.456 e. The Morgan fingerprint density at radius 3 is 1.35 bits per heavy atom. The molecule has 4 aliphatic rings. The summed E-state index contributed by atoms with van der Waals surface area (Å²) >= 11 is 3.78. The van der Waals surface area contributed by atoms with Gasteiger partial charge in [0.2, 0.25) is 13.4 Å². The minimum absolute atomic E-state index is 0.137. The van der Waals surface area contributed by atoms with E-state index in [-0.39, 0.29) is 13.4 Å². The molecule has 0 saturated heterocycles. The summed E-state index contributed by atoms with van der Waals surface area (Å²) in [6, 6.07) is 55.0. The van der Waals surface area contributed by atoms with Crippen molar-refractivity contribution in [3.63, 3.8) is 0 Å². The lowest BCUT2D eigenvalue weighted by molar-refractivity contribution is 0.667. The maximum Gasteiger partial charge on any atom is 0.249 e. The molecule has 55 heavy (non-hydrogen) atoms. The molecular formula is C48H24B2N2OS2. The maximum atomic E-state index is 6.85. The number of fused-ring (bicyclic) bond motifs is 17. The van der Waals surface area contributed by atoms with Crippen molar-refractivity contribution in [1.29, 1.82) is 0 Å². The number of para-hydroxylation sites is 4. The molecule has 0 atom stereocenters. The van der Waals surface area contributed by atoms with Gasteiger partial charge in [0.15, 0.2) is 0 Å². The number of rotatable bonds is 0. The van der Waals surface area contributed by atoms with Crippen molar-refractivity contribution in [3.05, 3.63) is 146 Å². The molecule has 0 saturated carbocycles. The molecule has 4 aliphatic heterocycles. The number of hydrogen-bond donors (Lipinski definition) is 0. The minimum Gasteiger partial charge on any atom is -0.456 e. The van der Waals surface area contributed by atoms with Gasteiger partial charge in [-0.25, -0.2) is 0 Å². The number of benzene rings is 8. The Labute approximate surface area is 323 Å². The summed E-state index contributed by atoms with van der Waals surface area (Å²) in [5, 5.41) is 7.66. The van der Waals surface area contributed by atoms with E-state index in [1.807, 2.05) is 23.5 Å². The average molecular weight is 730 g/mol. The van der Waals surface area contributed by atoms with Gasteiger partial charge in [-0.15, -0.1) is 0 Å². The van der Waals surface area contributed by atoms with Crippen molar-refractivity contribution in [2.45, 2.75) is 19.6 Å². The van der Waals surface area contributed by atoms with E-state index in [0.29, 0.717) is 0 Å². The summed E-state index contributed by atoms with van der Waals surface area (Å²) in [4.78, 5) is 5.22. The van der Waals surface area contributed by atoms with E-state index < -0.39 is 0 Å². The zero-order valence-electron chi connectivity index (χ0n) is 29.1. The molecular weight excluding hydrogens is 706 g/mol. The third-order valence-corrected chi connectivity index (χ3v) is 15.3. The fourth-order valence-corrected chi connectivity index (χ4v) is 13.3. The van der Waals surface area contributed by atoms with Crippen LogP contribution in [0.4, 0.5) is 0 Å². The topological polar surface area (TPSA) is 23.0 Å². The molecule has 0 unspecified atom stereocenters. The molecule has 7 heteroatoms. The van der Waals surface area contributed by atoms with Gasteiger partial charge in [0.05, 0.1) is 11.0 Å². The highest BCUT2D eigenvalue weighted by molar-refractivity contribution is 8.00. The second kappa shape index (κ2) is 9.61. The van der Waals surface area contributed by atoms with E-state index in [9.17, 15) is 0 Å². The van der Waals surface area contributed by atoms with Gasteiger partial charge < -0.3 is 13.6 Å². The molecule has 8 aromatic carbocycles. The first-order valence-electron chi connectivity index (χ1n) is 19.0. The van der Waals surface area contributed by atoms with Crippen molar-refractivity contribution < 1.29 is 4.42 Å². The first-order chi connectivity index (χ1) is 27.3. The van der Waals surface area contributed by atoms with E-state index in [1.54, 1.807) is 0 Å². The summed E-state index contributed by atoms with van der Waals surface area (Å²) in [6.07, 6.45) is 0. The third-order valence-electron chi connectivity index (χ3n) is 13.0. The Morgan fingerprint density at radius 2 is 0.836 bits per heavy atom. The van der Waals surface area contributed by atoms with Crippen LogP contribution in [-0.2, 0) is 0 Å². The second-order valence-electron chi connectivity index (χ2n) is 15.5. The Kier molecular flexibility index (Phi) is 4.97. The molecule has 0 N–H and O–H groups in total. The van der Waals surface area contributed by atoms with Gasteiger partial charge in [-0.2, -0.15) is 0 Å². The lowest BCUT2D eigenvalue weighted by Gasteiger charge is -2.33. The van der Waals surface area contributed by atoms with Gasteiger partial charge in [0, 0.05) is 74.3 Å². The van der Waals surface area contributed by atoms with E-state index in [0.717, 1.165) is 11.2 Å². The van der Waals surface area contributed by atoms with Crippen LogP contribution in [0.25, 0.3) is 76.9 Å². The molecule has 0 fully saturated rings. The molecule has 7 heterocycles. The molecule has 15 rings (SSSR count). The first kappa shape index (κ1) is 28.4. The third kappa shape index (κ3) is 3.28. The Morgan fingerprint density at radius 1 is 0.382 bits per heavy atom. The summed E-state index contributed by atoms with van der Waals surface area (Å²) in [6.45, 7) is 0.274. The van der Waals surface area contributed by atoms with Crippen LogP contribution in [0.3, 0.4) is 0 Å². The second-order valence-corrected chi connectivity index (χ2v) is 17.7. The first-order valence-corrected chi connectivity index (χ1v) is 20.6. The van der Waals surface area contributed by atoms with Crippen LogP contribution < -0.4 is 32.8 Å². The number of nitrogens with zero attached hydrogens (tertiary/aromatic N) is 2. The van der Waals surface area contributed by atoms with Crippen LogP contribution in [0.2, 0.25) is 0 Å². The van der Waals surface area contributed by atoms with Gasteiger partial charge in [-0.05, 0) is 70.4 Å². The lowest BCUT2D eigenvalue weighted by Crippen LogP contribution is -2.58. The van der Waals surface area contributed by atoms with Gasteiger partial charge >= 0.3 is 0 Å². The van der Waals surface area contributed by atoms with Gasteiger partial charge in [-0.3, -0.25) is 0 Å². The number of aromatic nitrogens is 2. The fraction of sp³-hybridized carbons (Fsp3) is 0. The SMILES string of the molecule is c1cc2c3c(c1)-n1c4ccccc4c4cccc(c41)B3c1cc3c(cc1S2)oc1cc2c(cc13)B1c3c(cccc3-n3c4ccccc4c4cccc1c43)S2. The molecule has 250 valence electrons. The highest BCUT2D eigenvalue weighted by Crippen LogP contribution is 2.43. The molecule has 0 radical (unpaired) electrons. The lowest BCUT2D eigenvalue weighted by atomic mass is 9.35. The maximum absolute atomic E-state index is 6.85. The van der Waals surface area contributed by atoms with E-state index in [1.165, 1.54) is 118 Å². The summed E-state index contributed by atoms with van der Waals surface area (Å²) in [5.74, 6) is 0. The molecule has 11 aromatic rings. The zero-order valence-corrected chi connectivity index (χ0v) is 30.8. The van der Waals surface area contributed by atoms with Crippen molar-refractivity contribution in [2.75, 3.05) is 0 Å². The predicted molar refractivity (Wildman–Crippen MR) is 233 cm³/mol. The fourth-order valence-electron chi connectivity index (χ4n) is 11.0. The number of furan rings is 1. The Balaban J connectivity index is 0.999. The standard InChI is InChI=1S/C48H24B2N2OS2/c1-3-15-35-25(9-1)27-11-5-13-31-47(27)51(35)37-17-7-19-41-45(37)49(31)33-21-29-30-22-34-44(24-40(30)53-39(29)23-43(33)54-41)55-42-20-8-18-38-46(42)50(34)32-14-6-12-28-26-10-2-4-16-36(26)52(38)48(28)32/h1-24H. The van der Waals surface area contributed by atoms with Crippen LogP contribution in [0.15, 0.2) is 170 Å². The van der Waals surface area contributed by atoms with E-state index in [4.69, 9.17) is 4.42 Å². The zero-order chi connectivity index (χ0) is 35.3. The van der Waals surface area contributed by atoms with Gasteiger partial charge in [0.1, 0.15) is 11.2 Å². The smallest absolute Gasteiger partial charge is 0.249 e. The number of hydrogen-bond acceptors (Lipinski definition) is 3. The highest BCUT2D eigenvalue weighted by atomic mass is 32.2. The normalized spacial score (nSPS) is 14.3. The molecule has 0 spiro atoms. The van der Waals surface area contributed by atoms with E-state index in [2.05, 4.69) is 155 Å². The average Bonchev–Trinajstić information content (AvgIpc) is 3.87. The molecule has 3 nitrogen and oxygen atoms in total. The van der Waals surface area contributed by atoms with Crippen LogP contribution in [0.5, 0.6) is 0 Å². The minimum atomic E-state index is 0.137. The van der Waals surface area contributed by atoms with Crippen molar-refractivity contribution in [3.8, 4) is 11.4 Å². The molecule has 0 bridgehead atoms. The molecule has 3 aromatic heterocycles. The van der Waals surface area contributed by atoms with Crippen LogP contribution in [0.1, 0.15) is 0 Å². The van der Waals surface area contributed by atoms with Crippen molar-refractivity contribution in [1.82, 2.24) is 9.13 Å². The van der Waals surface area contributed by atoms with E-state index >= 15 is 0 Å². The van der Waals surface area contributed by atoms with Crippen LogP contribution in [-0.4, -0.2) is 22.6 Å². The van der Waals surface area contributed by atoms with Crippen molar-refractivity contribution >= 4 is 135 Å². The summed E-state index contributed by atoms with van der Waals surface area (Å²) in [7, 11) is 0. The Hall–Kier alpha value is -6.01. The molecule has 0 aliphatic carbocycles. The summed E-state index contributed by atoms with van der Waals surface area (Å²) < 4.78 is 11.9. The van der Waals surface area contributed by atoms with Gasteiger partial charge in [-0.1, -0.05) is 132 Å². The van der Waals surface area contributed by atoms with Crippen molar-refractivity contribution in [2.24, 2.45) is 0 Å².